The summed E-state index contributed by atoms with van der Waals surface area (Å²) < 4.78 is 1.70. The number of aryl methyl sites for hydroxylation is 1. The van der Waals surface area contributed by atoms with Crippen LogP contribution in [0.2, 0.25) is 0 Å². The lowest BCUT2D eigenvalue weighted by Crippen LogP contribution is -2.35. The average molecular weight is 393 g/mol. The summed E-state index contributed by atoms with van der Waals surface area (Å²) in [6.07, 6.45) is 3.30. The van der Waals surface area contributed by atoms with Crippen LogP contribution in [0.15, 0.2) is 48.8 Å². The van der Waals surface area contributed by atoms with Gasteiger partial charge in [0, 0.05) is 36.0 Å². The first-order chi connectivity index (χ1) is 13.6. The van der Waals surface area contributed by atoms with E-state index in [4.69, 9.17) is 0 Å². The van der Waals surface area contributed by atoms with E-state index in [2.05, 4.69) is 20.7 Å². The molecule has 1 aliphatic rings. The van der Waals surface area contributed by atoms with Crippen LogP contribution in [-0.2, 0) is 27.6 Å². The summed E-state index contributed by atoms with van der Waals surface area (Å²) in [4.78, 5) is 28.7. The third-order valence-electron chi connectivity index (χ3n) is 4.44. The van der Waals surface area contributed by atoms with Gasteiger partial charge in [-0.2, -0.15) is 16.9 Å². The molecule has 0 aliphatic carbocycles. The van der Waals surface area contributed by atoms with E-state index in [0.29, 0.717) is 5.82 Å². The minimum atomic E-state index is -0.711. The molecule has 3 aromatic rings. The highest BCUT2D eigenvalue weighted by Gasteiger charge is 2.26. The Hall–Kier alpha value is -3.13. The average Bonchev–Trinajstić information content (AvgIpc) is 3.30. The summed E-state index contributed by atoms with van der Waals surface area (Å²) in [5.41, 5.74) is 4.72. The third-order valence-corrected chi connectivity index (χ3v) is 5.41. The monoisotopic (exact) mass is 393 g/mol. The highest BCUT2D eigenvalue weighted by atomic mass is 32.2. The molecule has 4 rings (SSSR count). The Morgan fingerprint density at radius 1 is 1.14 bits per heavy atom. The first kappa shape index (κ1) is 18.2. The smallest absolute Gasteiger partial charge is 0.314 e. The standard InChI is InChI=1S/C20H19N5O2S/c1-13-4-6-15(7-5-13)25-18(16-11-28-12-17(16)24-25)23-20(27)19(26)22-10-14-3-2-8-21-9-14/h2-9H,10-12H2,1H3,(H,22,26)(H,23,27). The van der Waals surface area contributed by atoms with Crippen LogP contribution in [0.3, 0.4) is 0 Å². The summed E-state index contributed by atoms with van der Waals surface area (Å²) in [5, 5.41) is 10.0. The molecule has 0 bridgehead atoms. The van der Waals surface area contributed by atoms with Crippen LogP contribution in [0.4, 0.5) is 5.82 Å². The second-order valence-corrected chi connectivity index (χ2v) is 7.50. The van der Waals surface area contributed by atoms with Crippen LogP contribution < -0.4 is 10.6 Å². The van der Waals surface area contributed by atoms with Gasteiger partial charge in [0.25, 0.3) is 0 Å². The number of aromatic nitrogens is 3. The molecule has 7 nitrogen and oxygen atoms in total. The van der Waals surface area contributed by atoms with Crippen molar-refractivity contribution >= 4 is 29.4 Å². The van der Waals surface area contributed by atoms with Gasteiger partial charge in [-0.15, -0.1) is 0 Å². The molecule has 0 saturated heterocycles. The lowest BCUT2D eigenvalue weighted by Gasteiger charge is -2.11. The fraction of sp³-hybridized carbons (Fsp3) is 0.200. The molecule has 1 aliphatic heterocycles. The maximum absolute atomic E-state index is 12.5. The van der Waals surface area contributed by atoms with Crippen LogP contribution in [0.5, 0.6) is 0 Å². The maximum atomic E-state index is 12.5. The van der Waals surface area contributed by atoms with Crippen molar-refractivity contribution in [1.82, 2.24) is 20.1 Å². The molecule has 28 heavy (non-hydrogen) atoms. The number of nitrogens with one attached hydrogen (secondary N) is 2. The largest absolute Gasteiger partial charge is 0.344 e. The normalized spacial score (nSPS) is 12.5. The molecule has 142 valence electrons. The second-order valence-electron chi connectivity index (χ2n) is 6.51. The Bertz CT molecular complexity index is 1020. The Morgan fingerprint density at radius 2 is 1.96 bits per heavy atom. The molecule has 1 aromatic carbocycles. The highest BCUT2D eigenvalue weighted by Crippen LogP contribution is 2.36. The van der Waals surface area contributed by atoms with E-state index >= 15 is 0 Å². The van der Waals surface area contributed by atoms with Crippen molar-refractivity contribution in [3.05, 3.63) is 71.2 Å². The quantitative estimate of drug-likeness (QED) is 0.665. The SMILES string of the molecule is Cc1ccc(-n2nc3c(c2NC(=O)C(=O)NCc2cccnc2)CSC3)cc1. The summed E-state index contributed by atoms with van der Waals surface area (Å²) in [6, 6.07) is 11.5. The van der Waals surface area contributed by atoms with Crippen LogP contribution in [0.25, 0.3) is 5.69 Å². The molecular weight excluding hydrogens is 374 g/mol. The minimum absolute atomic E-state index is 0.241. The molecule has 0 fully saturated rings. The predicted molar refractivity (Wildman–Crippen MR) is 108 cm³/mol. The number of carbonyl (C=O) groups excluding carboxylic acids is 2. The first-order valence-corrected chi connectivity index (χ1v) is 10.0. The number of carbonyl (C=O) groups is 2. The van der Waals surface area contributed by atoms with Crippen LogP contribution in [-0.4, -0.2) is 26.6 Å². The molecular formula is C20H19N5O2S. The number of hydrogen-bond donors (Lipinski definition) is 2. The lowest BCUT2D eigenvalue weighted by atomic mass is 10.2. The van der Waals surface area contributed by atoms with Crippen molar-refractivity contribution in [3.63, 3.8) is 0 Å². The van der Waals surface area contributed by atoms with Gasteiger partial charge in [-0.3, -0.25) is 14.6 Å². The predicted octanol–water partition coefficient (Wildman–Crippen LogP) is 2.58. The van der Waals surface area contributed by atoms with Crippen molar-refractivity contribution in [3.8, 4) is 5.69 Å². The minimum Gasteiger partial charge on any atom is -0.344 e. The van der Waals surface area contributed by atoms with Gasteiger partial charge >= 0.3 is 11.8 Å². The van der Waals surface area contributed by atoms with Crippen molar-refractivity contribution in [1.29, 1.82) is 0 Å². The van der Waals surface area contributed by atoms with Gasteiger partial charge in [-0.25, -0.2) is 4.68 Å². The summed E-state index contributed by atoms with van der Waals surface area (Å²) in [7, 11) is 0. The molecule has 0 atom stereocenters. The van der Waals surface area contributed by atoms with Crippen LogP contribution in [0.1, 0.15) is 22.4 Å². The highest BCUT2D eigenvalue weighted by molar-refractivity contribution is 7.98. The molecule has 0 spiro atoms. The van der Waals surface area contributed by atoms with Crippen molar-refractivity contribution < 1.29 is 9.59 Å². The Labute approximate surface area is 166 Å². The van der Waals surface area contributed by atoms with Crippen molar-refractivity contribution in [2.75, 3.05) is 5.32 Å². The van der Waals surface area contributed by atoms with Gasteiger partial charge < -0.3 is 10.6 Å². The number of rotatable bonds is 4. The zero-order valence-electron chi connectivity index (χ0n) is 15.3. The lowest BCUT2D eigenvalue weighted by molar-refractivity contribution is -0.136. The summed E-state index contributed by atoms with van der Waals surface area (Å²) in [6.45, 7) is 2.25. The second kappa shape index (κ2) is 7.85. The molecule has 2 aromatic heterocycles. The molecule has 0 radical (unpaired) electrons. The van der Waals surface area contributed by atoms with Crippen LogP contribution in [0, 0.1) is 6.92 Å². The van der Waals surface area contributed by atoms with E-state index in [-0.39, 0.29) is 6.54 Å². The van der Waals surface area contributed by atoms with E-state index in [0.717, 1.165) is 39.6 Å². The number of thioether (sulfide) groups is 1. The van der Waals surface area contributed by atoms with E-state index in [1.165, 1.54) is 0 Å². The Balaban J connectivity index is 1.53. The van der Waals surface area contributed by atoms with Gasteiger partial charge in [0.05, 0.1) is 11.4 Å². The first-order valence-electron chi connectivity index (χ1n) is 8.85. The number of amides is 2. The maximum Gasteiger partial charge on any atom is 0.314 e. The third kappa shape index (κ3) is 3.77. The van der Waals surface area contributed by atoms with Gasteiger partial charge in [-0.1, -0.05) is 23.8 Å². The number of anilines is 1. The fourth-order valence-electron chi connectivity index (χ4n) is 2.94. The number of benzene rings is 1. The van der Waals surface area contributed by atoms with Crippen molar-refractivity contribution in [2.45, 2.75) is 25.0 Å². The molecule has 2 N–H and O–H groups in total. The molecule has 3 heterocycles. The van der Waals surface area contributed by atoms with Gasteiger partial charge in [0.2, 0.25) is 0 Å². The number of nitrogens with zero attached hydrogens (tertiary/aromatic N) is 3. The van der Waals surface area contributed by atoms with Gasteiger partial charge in [0.15, 0.2) is 0 Å². The number of hydrogen-bond acceptors (Lipinski definition) is 5. The zero-order valence-corrected chi connectivity index (χ0v) is 16.1. The topological polar surface area (TPSA) is 88.9 Å². The molecule has 0 unspecified atom stereocenters. The van der Waals surface area contributed by atoms with Crippen molar-refractivity contribution in [2.24, 2.45) is 0 Å². The number of pyridine rings is 1. The zero-order chi connectivity index (χ0) is 19.5. The van der Waals surface area contributed by atoms with Gasteiger partial charge in [-0.05, 0) is 30.7 Å². The molecule has 8 heteroatoms. The number of fused-ring (bicyclic) bond motifs is 1. The van der Waals surface area contributed by atoms with Crippen LogP contribution >= 0.6 is 11.8 Å². The molecule has 2 amide bonds. The Kier molecular flexibility index (Phi) is 5.12. The van der Waals surface area contributed by atoms with E-state index in [9.17, 15) is 9.59 Å². The molecule has 0 saturated carbocycles. The van der Waals surface area contributed by atoms with E-state index < -0.39 is 11.8 Å². The van der Waals surface area contributed by atoms with E-state index in [1.807, 2.05) is 37.3 Å². The van der Waals surface area contributed by atoms with Gasteiger partial charge in [0.1, 0.15) is 5.82 Å². The summed E-state index contributed by atoms with van der Waals surface area (Å²) >= 11 is 1.74. The summed E-state index contributed by atoms with van der Waals surface area (Å²) in [5.74, 6) is 0.709. The van der Waals surface area contributed by atoms with E-state index in [1.54, 1.807) is 34.9 Å². The fourth-order valence-corrected chi connectivity index (χ4v) is 3.98. The Morgan fingerprint density at radius 3 is 2.71 bits per heavy atom.